The first kappa shape index (κ1) is 14.6. The van der Waals surface area contributed by atoms with Gasteiger partial charge < -0.3 is 4.74 Å². The highest BCUT2D eigenvalue weighted by Gasteiger charge is 2.25. The van der Waals surface area contributed by atoms with E-state index in [0.29, 0.717) is 24.0 Å². The van der Waals surface area contributed by atoms with Gasteiger partial charge in [0.15, 0.2) is 0 Å². The molecular formula is C19H20N2O. The first-order valence-corrected chi connectivity index (χ1v) is 7.83. The summed E-state index contributed by atoms with van der Waals surface area (Å²) in [5, 5.41) is 9.54. The first-order chi connectivity index (χ1) is 10.7. The van der Waals surface area contributed by atoms with Crippen molar-refractivity contribution in [2.24, 2.45) is 0 Å². The third-order valence-electron chi connectivity index (χ3n) is 4.14. The summed E-state index contributed by atoms with van der Waals surface area (Å²) in [6, 6.07) is 12.3. The Kier molecular flexibility index (Phi) is 4.11. The maximum atomic E-state index is 9.54. The molecule has 0 bridgehead atoms. The molecule has 1 aromatic carbocycles. The van der Waals surface area contributed by atoms with Crippen molar-refractivity contribution in [1.29, 1.82) is 5.26 Å². The lowest BCUT2D eigenvalue weighted by Crippen LogP contribution is -2.07. The Labute approximate surface area is 131 Å². The highest BCUT2D eigenvalue weighted by molar-refractivity contribution is 5.53. The molecule has 0 N–H and O–H groups in total. The van der Waals surface area contributed by atoms with Gasteiger partial charge in [-0.2, -0.15) is 5.26 Å². The predicted molar refractivity (Wildman–Crippen MR) is 85.8 cm³/mol. The Morgan fingerprint density at radius 2 is 1.91 bits per heavy atom. The molecule has 0 spiro atoms. The lowest BCUT2D eigenvalue weighted by Gasteiger charge is -2.16. The molecule has 3 nitrogen and oxygen atoms in total. The van der Waals surface area contributed by atoms with Crippen molar-refractivity contribution in [3.05, 3.63) is 58.3 Å². The lowest BCUT2D eigenvalue weighted by molar-refractivity contribution is 0.291. The Bertz CT molecular complexity index is 714. The van der Waals surface area contributed by atoms with Gasteiger partial charge in [-0.1, -0.05) is 44.2 Å². The van der Waals surface area contributed by atoms with Gasteiger partial charge in [-0.15, -0.1) is 0 Å². The fourth-order valence-electron chi connectivity index (χ4n) is 3.09. The number of nitriles is 1. The van der Waals surface area contributed by atoms with E-state index in [1.54, 1.807) is 0 Å². The summed E-state index contributed by atoms with van der Waals surface area (Å²) in [5.41, 5.74) is 5.24. The second-order valence-corrected chi connectivity index (χ2v) is 6.03. The zero-order valence-corrected chi connectivity index (χ0v) is 13.1. The van der Waals surface area contributed by atoms with E-state index in [9.17, 15) is 5.26 Å². The van der Waals surface area contributed by atoms with Crippen LogP contribution in [-0.2, 0) is 19.4 Å². The third kappa shape index (κ3) is 2.69. The molecule has 1 aliphatic rings. The molecule has 0 aliphatic heterocycles. The number of rotatable bonds is 4. The Morgan fingerprint density at radius 1 is 1.18 bits per heavy atom. The van der Waals surface area contributed by atoms with Gasteiger partial charge in [-0.25, -0.2) is 4.98 Å². The highest BCUT2D eigenvalue weighted by Crippen LogP contribution is 2.35. The van der Waals surface area contributed by atoms with Crippen LogP contribution in [0.3, 0.4) is 0 Å². The van der Waals surface area contributed by atoms with Crippen molar-refractivity contribution in [3.8, 4) is 11.9 Å². The number of fused-ring (bicyclic) bond motifs is 1. The molecule has 3 rings (SSSR count). The molecule has 22 heavy (non-hydrogen) atoms. The molecule has 2 aromatic rings. The molecule has 0 unspecified atom stereocenters. The molecule has 3 heteroatoms. The normalized spacial score (nSPS) is 13.0. The van der Waals surface area contributed by atoms with E-state index in [1.807, 2.05) is 30.3 Å². The molecule has 1 heterocycles. The van der Waals surface area contributed by atoms with Gasteiger partial charge in [0.05, 0.1) is 5.69 Å². The summed E-state index contributed by atoms with van der Waals surface area (Å²) >= 11 is 0. The minimum absolute atomic E-state index is 0.346. The molecule has 0 radical (unpaired) electrons. The Hall–Kier alpha value is -2.34. The molecule has 112 valence electrons. The van der Waals surface area contributed by atoms with Crippen LogP contribution in [0.15, 0.2) is 30.3 Å². The largest absolute Gasteiger partial charge is 0.472 e. The van der Waals surface area contributed by atoms with E-state index in [1.165, 1.54) is 5.56 Å². The molecule has 0 atom stereocenters. The van der Waals surface area contributed by atoms with Crippen molar-refractivity contribution < 1.29 is 4.74 Å². The van der Waals surface area contributed by atoms with Crippen molar-refractivity contribution in [2.75, 3.05) is 0 Å². The number of nitrogens with zero attached hydrogens (tertiary/aromatic N) is 2. The van der Waals surface area contributed by atoms with E-state index < -0.39 is 0 Å². The topological polar surface area (TPSA) is 45.9 Å². The zero-order chi connectivity index (χ0) is 15.5. The van der Waals surface area contributed by atoms with Gasteiger partial charge in [0, 0.05) is 0 Å². The number of hydrogen-bond donors (Lipinski definition) is 0. The maximum Gasteiger partial charge on any atom is 0.232 e. The fourth-order valence-corrected chi connectivity index (χ4v) is 3.09. The molecule has 1 aliphatic carbocycles. The zero-order valence-electron chi connectivity index (χ0n) is 13.1. The van der Waals surface area contributed by atoms with Gasteiger partial charge in [0.25, 0.3) is 0 Å². The van der Waals surface area contributed by atoms with Crippen molar-refractivity contribution in [1.82, 2.24) is 4.98 Å². The van der Waals surface area contributed by atoms with Crippen LogP contribution in [0.5, 0.6) is 5.88 Å². The van der Waals surface area contributed by atoms with Gasteiger partial charge in [0.2, 0.25) is 5.88 Å². The summed E-state index contributed by atoms with van der Waals surface area (Å²) in [6.45, 7) is 4.74. The average Bonchev–Trinajstić information content (AvgIpc) is 3.01. The minimum Gasteiger partial charge on any atom is -0.472 e. The quantitative estimate of drug-likeness (QED) is 0.850. The first-order valence-electron chi connectivity index (χ1n) is 7.83. The van der Waals surface area contributed by atoms with Gasteiger partial charge >= 0.3 is 0 Å². The molecule has 0 saturated heterocycles. The van der Waals surface area contributed by atoms with Crippen LogP contribution < -0.4 is 4.74 Å². The fraction of sp³-hybridized carbons (Fsp3) is 0.368. The van der Waals surface area contributed by atoms with E-state index in [4.69, 9.17) is 4.74 Å². The van der Waals surface area contributed by atoms with E-state index in [-0.39, 0.29) is 0 Å². The number of hydrogen-bond acceptors (Lipinski definition) is 3. The van der Waals surface area contributed by atoms with Crippen molar-refractivity contribution in [3.63, 3.8) is 0 Å². The van der Waals surface area contributed by atoms with E-state index in [2.05, 4.69) is 24.9 Å². The summed E-state index contributed by atoms with van der Waals surface area (Å²) < 4.78 is 5.90. The third-order valence-corrected chi connectivity index (χ3v) is 4.14. The van der Waals surface area contributed by atoms with Gasteiger partial charge in [0.1, 0.15) is 18.2 Å². The number of ether oxygens (including phenoxy) is 1. The van der Waals surface area contributed by atoms with Crippen LogP contribution >= 0.6 is 0 Å². The monoisotopic (exact) mass is 292 g/mol. The average molecular weight is 292 g/mol. The summed E-state index contributed by atoms with van der Waals surface area (Å²) in [6.07, 6.45) is 3.10. The van der Waals surface area contributed by atoms with Gasteiger partial charge in [-0.05, 0) is 41.9 Å². The second-order valence-electron chi connectivity index (χ2n) is 6.03. The van der Waals surface area contributed by atoms with Crippen LogP contribution in [0, 0.1) is 11.3 Å². The smallest absolute Gasteiger partial charge is 0.232 e. The number of aromatic nitrogens is 1. The lowest BCUT2D eigenvalue weighted by atomic mass is 9.98. The number of benzene rings is 1. The molecular weight excluding hydrogens is 272 g/mol. The van der Waals surface area contributed by atoms with Crippen LogP contribution in [0.2, 0.25) is 0 Å². The SMILES string of the molecule is CC(C)c1nc(OCc2ccccc2)c(C#N)c2c1CCC2. The molecule has 0 fully saturated rings. The standard InChI is InChI=1S/C19H20N2O/c1-13(2)18-16-10-6-9-15(16)17(11-20)19(21-18)22-12-14-7-4-3-5-8-14/h3-5,7-8,13H,6,9-10,12H2,1-2H3. The van der Waals surface area contributed by atoms with Crippen molar-refractivity contribution in [2.45, 2.75) is 45.6 Å². The van der Waals surface area contributed by atoms with Crippen LogP contribution in [0.4, 0.5) is 0 Å². The molecule has 0 saturated carbocycles. The predicted octanol–water partition coefficient (Wildman–Crippen LogP) is 4.14. The minimum atomic E-state index is 0.346. The van der Waals surface area contributed by atoms with E-state index in [0.717, 1.165) is 36.1 Å². The second kappa shape index (κ2) is 6.19. The van der Waals surface area contributed by atoms with E-state index >= 15 is 0 Å². The highest BCUT2D eigenvalue weighted by atomic mass is 16.5. The molecule has 0 amide bonds. The van der Waals surface area contributed by atoms with Crippen LogP contribution in [0.1, 0.15) is 54.1 Å². The maximum absolute atomic E-state index is 9.54. The van der Waals surface area contributed by atoms with Crippen LogP contribution in [0.25, 0.3) is 0 Å². The Morgan fingerprint density at radius 3 is 2.59 bits per heavy atom. The summed E-state index contributed by atoms with van der Waals surface area (Å²) in [5.74, 6) is 0.842. The number of pyridine rings is 1. The van der Waals surface area contributed by atoms with Crippen LogP contribution in [-0.4, -0.2) is 4.98 Å². The van der Waals surface area contributed by atoms with Gasteiger partial charge in [-0.3, -0.25) is 0 Å². The van der Waals surface area contributed by atoms with Crippen molar-refractivity contribution >= 4 is 0 Å². The molecule has 1 aromatic heterocycles. The summed E-state index contributed by atoms with van der Waals surface area (Å²) in [4.78, 5) is 4.69. The summed E-state index contributed by atoms with van der Waals surface area (Å²) in [7, 11) is 0. The Balaban J connectivity index is 1.96.